The maximum atomic E-state index is 13.4. The number of benzene rings is 4. The molecule has 5 fully saturated rings. The predicted octanol–water partition coefficient (Wildman–Crippen LogP) is 8.91. The largest absolute Gasteiger partial charge is 0.392 e. The maximum absolute atomic E-state index is 13.4. The molecule has 4 aromatic rings. The molecule has 5 aliphatic rings. The van der Waals surface area contributed by atoms with E-state index in [0.717, 1.165) is 59.4 Å². The van der Waals surface area contributed by atoms with Gasteiger partial charge in [0.05, 0.1) is 18.8 Å². The first kappa shape index (κ1) is 33.4. The highest BCUT2D eigenvalue weighted by Gasteiger charge is 2.51. The summed E-state index contributed by atoms with van der Waals surface area (Å²) in [5.74, 6) is 2.36. The van der Waals surface area contributed by atoms with E-state index in [2.05, 4.69) is 91.0 Å². The van der Waals surface area contributed by atoms with E-state index in [-0.39, 0.29) is 42.3 Å². The van der Waals surface area contributed by atoms with Gasteiger partial charge in [-0.25, -0.2) is 4.79 Å². The van der Waals surface area contributed by atoms with Gasteiger partial charge in [0.2, 0.25) is 0 Å². The highest BCUT2D eigenvalue weighted by atomic mass is 16.7. The van der Waals surface area contributed by atoms with Crippen LogP contribution in [0.25, 0.3) is 10.8 Å². The first-order valence-corrected chi connectivity index (χ1v) is 18.6. The Morgan fingerprint density at radius 3 is 2.26 bits per heavy atom. The monoisotopic (exact) mass is 673 g/mol. The van der Waals surface area contributed by atoms with Crippen molar-refractivity contribution in [1.29, 1.82) is 0 Å². The molecule has 5 atom stereocenters. The molecule has 1 aliphatic heterocycles. The molecule has 2 amide bonds. The van der Waals surface area contributed by atoms with E-state index in [4.69, 9.17) is 9.47 Å². The molecule has 0 unspecified atom stereocenters. The average molecular weight is 674 g/mol. The number of carbonyl (C=O) groups is 1. The molecule has 7 nitrogen and oxygen atoms in total. The standard InChI is InChI=1S/C43H51N3O4/c1-27-39(25-46(3)28(2)35-16-15-33-7-4-5-8-36(33)20-35)49-41(50-40(27)34-13-11-29(26-47)12-14-34)37-9-6-10-38(21-37)44-42(48)45-43-22-30-17-31(23-43)19-32(18-30)24-43/h4-16,20-21,27-28,30-32,39-41,47H,17-19,22-26H2,1-3H3,(H2,44,45,48)/t27-,28-,30?,31?,32?,39+,40+,41+,43?/m1/s1. The summed E-state index contributed by atoms with van der Waals surface area (Å²) < 4.78 is 13.6. The number of hydrogen-bond acceptors (Lipinski definition) is 5. The van der Waals surface area contributed by atoms with Crippen LogP contribution in [0.4, 0.5) is 10.5 Å². The minimum absolute atomic E-state index is 0.00338. The average Bonchev–Trinajstić information content (AvgIpc) is 3.11. The molecule has 4 bridgehead atoms. The van der Waals surface area contributed by atoms with Crippen LogP contribution in [0.5, 0.6) is 0 Å². The summed E-state index contributed by atoms with van der Waals surface area (Å²) in [7, 11) is 2.17. The Bertz CT molecular complexity index is 1790. The Balaban J connectivity index is 1.00. The van der Waals surface area contributed by atoms with E-state index >= 15 is 0 Å². The second-order valence-electron chi connectivity index (χ2n) is 15.9. The number of amides is 2. The van der Waals surface area contributed by atoms with Gasteiger partial charge in [-0.3, -0.25) is 4.90 Å². The Morgan fingerprint density at radius 1 is 0.860 bits per heavy atom. The van der Waals surface area contributed by atoms with Gasteiger partial charge in [0, 0.05) is 35.3 Å². The van der Waals surface area contributed by atoms with E-state index in [0.29, 0.717) is 6.54 Å². The topological polar surface area (TPSA) is 83.1 Å². The molecule has 7 heteroatoms. The van der Waals surface area contributed by atoms with E-state index < -0.39 is 6.29 Å². The third-order valence-electron chi connectivity index (χ3n) is 12.3. The smallest absolute Gasteiger partial charge is 0.319 e. The third kappa shape index (κ3) is 6.81. The van der Waals surface area contributed by atoms with Crippen LogP contribution in [0.3, 0.4) is 0 Å². The number of nitrogens with zero attached hydrogens (tertiary/aromatic N) is 1. The molecule has 0 spiro atoms. The summed E-state index contributed by atoms with van der Waals surface area (Å²) in [5, 5.41) is 18.8. The molecular formula is C43H51N3O4. The van der Waals surface area contributed by atoms with Crippen LogP contribution in [0.1, 0.15) is 93.1 Å². The molecule has 9 rings (SSSR count). The van der Waals surface area contributed by atoms with Gasteiger partial charge in [0.15, 0.2) is 6.29 Å². The second-order valence-corrected chi connectivity index (χ2v) is 15.9. The molecule has 1 heterocycles. The minimum atomic E-state index is -0.615. The molecule has 4 aromatic carbocycles. The van der Waals surface area contributed by atoms with Gasteiger partial charge in [-0.2, -0.15) is 0 Å². The van der Waals surface area contributed by atoms with Crippen molar-refractivity contribution in [1.82, 2.24) is 10.2 Å². The van der Waals surface area contributed by atoms with Gasteiger partial charge in [0.1, 0.15) is 0 Å². The summed E-state index contributed by atoms with van der Waals surface area (Å²) in [6.07, 6.45) is 6.42. The zero-order chi connectivity index (χ0) is 34.4. The summed E-state index contributed by atoms with van der Waals surface area (Å²) in [6.45, 7) is 5.17. The van der Waals surface area contributed by atoms with Gasteiger partial charge in [0.25, 0.3) is 0 Å². The third-order valence-corrected chi connectivity index (χ3v) is 12.3. The lowest BCUT2D eigenvalue weighted by Crippen LogP contribution is -2.60. The number of rotatable bonds is 9. The number of nitrogens with one attached hydrogen (secondary N) is 2. The van der Waals surface area contributed by atoms with Gasteiger partial charge >= 0.3 is 6.03 Å². The number of anilines is 1. The SMILES string of the molecule is C[C@@H]1[C@H](CN(C)[C@H](C)c2ccc3ccccc3c2)O[C@H](c2cccc(NC(=O)NC34CC5CC(CC(C5)C3)C4)c2)O[C@@H]1c1ccc(CO)cc1. The maximum Gasteiger partial charge on any atom is 0.319 e. The Kier molecular flexibility index (Phi) is 9.19. The van der Waals surface area contributed by atoms with Gasteiger partial charge in [-0.15, -0.1) is 0 Å². The van der Waals surface area contributed by atoms with Crippen LogP contribution in [0.2, 0.25) is 0 Å². The molecule has 4 aliphatic carbocycles. The molecule has 1 saturated heterocycles. The van der Waals surface area contributed by atoms with Crippen molar-refractivity contribution in [3.63, 3.8) is 0 Å². The van der Waals surface area contributed by atoms with Crippen molar-refractivity contribution in [3.05, 3.63) is 113 Å². The molecular weight excluding hydrogens is 622 g/mol. The molecule has 0 aromatic heterocycles. The van der Waals surface area contributed by atoms with Crippen molar-refractivity contribution < 1.29 is 19.4 Å². The molecule has 3 N–H and O–H groups in total. The van der Waals surface area contributed by atoms with Crippen molar-refractivity contribution in [2.75, 3.05) is 18.9 Å². The van der Waals surface area contributed by atoms with Crippen LogP contribution in [0, 0.1) is 23.7 Å². The predicted molar refractivity (Wildman–Crippen MR) is 197 cm³/mol. The molecule has 262 valence electrons. The molecule has 0 radical (unpaired) electrons. The highest BCUT2D eigenvalue weighted by molar-refractivity contribution is 5.90. The zero-order valence-electron chi connectivity index (χ0n) is 29.6. The quantitative estimate of drug-likeness (QED) is 0.165. The van der Waals surface area contributed by atoms with Gasteiger partial charge < -0.3 is 25.2 Å². The van der Waals surface area contributed by atoms with E-state index in [1.165, 1.54) is 35.6 Å². The fraction of sp³-hybridized carbons (Fsp3) is 0.465. The van der Waals surface area contributed by atoms with Crippen LogP contribution in [0.15, 0.2) is 91.0 Å². The van der Waals surface area contributed by atoms with Crippen LogP contribution < -0.4 is 10.6 Å². The number of aliphatic hydroxyl groups excluding tert-OH is 1. The Hall–Kier alpha value is -3.75. The first-order chi connectivity index (χ1) is 24.2. The first-order valence-electron chi connectivity index (χ1n) is 18.6. The lowest BCUT2D eigenvalue weighted by molar-refractivity contribution is -0.276. The van der Waals surface area contributed by atoms with E-state index in [1.54, 1.807) is 0 Å². The van der Waals surface area contributed by atoms with Crippen molar-refractivity contribution in [3.8, 4) is 0 Å². The zero-order valence-corrected chi connectivity index (χ0v) is 29.6. The van der Waals surface area contributed by atoms with Crippen molar-refractivity contribution >= 4 is 22.5 Å². The molecule has 50 heavy (non-hydrogen) atoms. The van der Waals surface area contributed by atoms with Crippen LogP contribution >= 0.6 is 0 Å². The number of urea groups is 1. The Labute approximate surface area is 296 Å². The lowest BCUT2D eigenvalue weighted by Gasteiger charge is -2.56. The number of aliphatic hydroxyl groups is 1. The number of fused-ring (bicyclic) bond motifs is 1. The van der Waals surface area contributed by atoms with Gasteiger partial charge in [-0.1, -0.05) is 79.7 Å². The second kappa shape index (κ2) is 13.8. The summed E-state index contributed by atoms with van der Waals surface area (Å²) in [4.78, 5) is 15.8. The molecule has 4 saturated carbocycles. The summed E-state index contributed by atoms with van der Waals surface area (Å²) in [5.41, 5.74) is 4.75. The Morgan fingerprint density at radius 2 is 1.56 bits per heavy atom. The van der Waals surface area contributed by atoms with Crippen LogP contribution in [-0.4, -0.2) is 41.3 Å². The number of ether oxygens (including phenoxy) is 2. The van der Waals surface area contributed by atoms with Crippen molar-refractivity contribution in [2.45, 2.75) is 89.1 Å². The number of likely N-dealkylation sites (N-methyl/N-ethyl adjacent to an activating group) is 1. The fourth-order valence-electron chi connectivity index (χ4n) is 9.92. The van der Waals surface area contributed by atoms with Crippen LogP contribution in [-0.2, 0) is 16.1 Å². The highest BCUT2D eigenvalue weighted by Crippen LogP contribution is 2.55. The van der Waals surface area contributed by atoms with E-state index in [9.17, 15) is 9.90 Å². The minimum Gasteiger partial charge on any atom is -0.392 e. The van der Waals surface area contributed by atoms with Gasteiger partial charge in [-0.05, 0) is 116 Å². The number of carbonyl (C=O) groups excluding carboxylic acids is 1. The summed E-state index contributed by atoms with van der Waals surface area (Å²) >= 11 is 0. The normalized spacial score (nSPS) is 30.8. The van der Waals surface area contributed by atoms with E-state index in [1.807, 2.05) is 36.4 Å². The number of hydrogen-bond donors (Lipinski definition) is 3. The fourth-order valence-corrected chi connectivity index (χ4v) is 9.92. The lowest BCUT2D eigenvalue weighted by atomic mass is 9.53. The van der Waals surface area contributed by atoms with Crippen molar-refractivity contribution in [2.24, 2.45) is 23.7 Å². The summed E-state index contributed by atoms with van der Waals surface area (Å²) in [6, 6.07) is 31.2.